The molecule has 1 aliphatic heterocycles. The van der Waals surface area contributed by atoms with E-state index in [1.54, 1.807) is 17.8 Å². The number of aryl methyl sites for hydroxylation is 2. The van der Waals surface area contributed by atoms with Gasteiger partial charge >= 0.3 is 5.69 Å². The van der Waals surface area contributed by atoms with Crippen LogP contribution in [0.3, 0.4) is 0 Å². The number of likely N-dealkylation sites (N-methyl/N-ethyl adjacent to an activating group) is 1. The van der Waals surface area contributed by atoms with E-state index in [9.17, 15) is 19.2 Å². The van der Waals surface area contributed by atoms with Crippen LogP contribution in [0, 0.1) is 11.8 Å². The number of oxazole rings is 1. The standard InChI is InChI=1S/C47H60N10O7/c1-30(2)42-36(50-44(59)37-29-64-46(51-37)34-18-19-48-40(25-34)49-26-31-10-11-31)28-56(53-42)35-14-12-32(13-15-35)27-54(3)20-22-63-24-23-62-21-6-8-33-7-5-9-38-43(33)55(4)47(61)57(38)39-16-17-41(58)52-45(39)60/h5,7,9,18-19,25,28-29,31-32,35,39H,1,6,8,10-17,20-24,26-27H2,2-4H3,(H,48,49)(H,50,59)(H,52,58,60)/t32-,35-,39?. The highest BCUT2D eigenvalue weighted by Gasteiger charge is 2.32. The smallest absolute Gasteiger partial charge is 0.329 e. The summed E-state index contributed by atoms with van der Waals surface area (Å²) in [6, 6.07) is 8.99. The number of pyridine rings is 1. The summed E-state index contributed by atoms with van der Waals surface area (Å²) in [4.78, 5) is 62.0. The summed E-state index contributed by atoms with van der Waals surface area (Å²) in [7, 11) is 3.86. The number of rotatable bonds is 21. The van der Waals surface area contributed by atoms with Crippen molar-refractivity contribution in [2.75, 3.05) is 63.7 Å². The topological polar surface area (TPSA) is 193 Å². The number of nitrogens with zero attached hydrogens (tertiary/aromatic N) is 7. The molecule has 3 aliphatic rings. The van der Waals surface area contributed by atoms with Gasteiger partial charge in [-0.1, -0.05) is 18.7 Å². The first-order valence-electron chi connectivity index (χ1n) is 22.6. The van der Waals surface area contributed by atoms with Crippen molar-refractivity contribution in [2.45, 2.75) is 83.2 Å². The van der Waals surface area contributed by atoms with Crippen LogP contribution in [-0.2, 0) is 32.5 Å². The van der Waals surface area contributed by atoms with Crippen LogP contribution in [0.5, 0.6) is 0 Å². The number of allylic oxidation sites excluding steroid dienone is 1. The van der Waals surface area contributed by atoms with Crippen LogP contribution in [-0.4, -0.2) is 105 Å². The van der Waals surface area contributed by atoms with Crippen molar-refractivity contribution < 1.29 is 28.3 Å². The molecule has 1 unspecified atom stereocenters. The molecule has 3 amide bonds. The molecule has 5 heterocycles. The fourth-order valence-corrected chi connectivity index (χ4v) is 8.90. The van der Waals surface area contributed by atoms with Gasteiger partial charge in [-0.15, -0.1) is 0 Å². The van der Waals surface area contributed by atoms with Gasteiger partial charge in [0.1, 0.15) is 23.8 Å². The average molecular weight is 877 g/mol. The Bertz CT molecular complexity index is 2520. The molecule has 2 aliphatic carbocycles. The number of imide groups is 1. The first kappa shape index (κ1) is 44.7. The molecule has 1 saturated heterocycles. The quantitative estimate of drug-likeness (QED) is 0.0576. The van der Waals surface area contributed by atoms with E-state index in [4.69, 9.17) is 19.0 Å². The number of piperidine rings is 1. The molecule has 0 radical (unpaired) electrons. The van der Waals surface area contributed by atoms with E-state index in [0.717, 1.165) is 79.8 Å². The van der Waals surface area contributed by atoms with Crippen LogP contribution in [0.4, 0.5) is 11.5 Å². The number of para-hydroxylation sites is 1. The van der Waals surface area contributed by atoms with Gasteiger partial charge in [0, 0.05) is 57.7 Å². The van der Waals surface area contributed by atoms with Crippen molar-refractivity contribution in [3.8, 4) is 11.5 Å². The molecule has 2 saturated carbocycles. The van der Waals surface area contributed by atoms with Crippen molar-refractivity contribution >= 4 is 45.8 Å². The van der Waals surface area contributed by atoms with Gasteiger partial charge in [0.05, 0.1) is 42.6 Å². The van der Waals surface area contributed by atoms with Crippen LogP contribution in [0.15, 0.2) is 64.8 Å². The van der Waals surface area contributed by atoms with E-state index in [1.165, 1.54) is 23.7 Å². The number of aromatic nitrogens is 6. The lowest BCUT2D eigenvalue weighted by Crippen LogP contribution is -2.44. The molecule has 3 N–H and O–H groups in total. The predicted molar refractivity (Wildman–Crippen MR) is 243 cm³/mol. The van der Waals surface area contributed by atoms with Crippen LogP contribution >= 0.6 is 0 Å². The zero-order valence-electron chi connectivity index (χ0n) is 37.1. The maximum atomic E-state index is 13.4. The van der Waals surface area contributed by atoms with Crippen molar-refractivity contribution in [3.63, 3.8) is 0 Å². The molecule has 4 aromatic heterocycles. The molecule has 1 atom stereocenters. The van der Waals surface area contributed by atoms with Gasteiger partial charge in [-0.25, -0.2) is 14.8 Å². The Hall–Kier alpha value is -5.91. The summed E-state index contributed by atoms with van der Waals surface area (Å²) in [5, 5.41) is 13.6. The molecule has 17 heteroatoms. The number of benzene rings is 1. The second kappa shape index (κ2) is 20.3. The number of carbonyl (C=O) groups is 3. The molecule has 8 rings (SSSR count). The van der Waals surface area contributed by atoms with Crippen LogP contribution in [0.1, 0.15) is 98.5 Å². The Morgan fingerprint density at radius 1 is 1.02 bits per heavy atom. The molecule has 0 spiro atoms. The Kier molecular flexibility index (Phi) is 14.2. The van der Waals surface area contributed by atoms with Gasteiger partial charge in [0.2, 0.25) is 17.7 Å². The summed E-state index contributed by atoms with van der Waals surface area (Å²) >= 11 is 0. The van der Waals surface area contributed by atoms with E-state index >= 15 is 0 Å². The van der Waals surface area contributed by atoms with Crippen LogP contribution < -0.4 is 21.6 Å². The molecule has 0 bridgehead atoms. The average Bonchev–Trinajstić information content (AvgIpc) is 3.69. The molecule has 1 aromatic carbocycles. The number of carbonyl (C=O) groups excluding carboxylic acids is 3. The van der Waals surface area contributed by atoms with Gasteiger partial charge in [-0.2, -0.15) is 5.10 Å². The van der Waals surface area contributed by atoms with E-state index in [1.807, 2.05) is 48.1 Å². The molecular weight excluding hydrogens is 817 g/mol. The zero-order chi connectivity index (χ0) is 44.7. The molecule has 5 aromatic rings. The number of ether oxygens (including phenoxy) is 2. The third-order valence-electron chi connectivity index (χ3n) is 12.6. The first-order valence-corrected chi connectivity index (χ1v) is 22.6. The third-order valence-corrected chi connectivity index (χ3v) is 12.6. The van der Waals surface area contributed by atoms with Crippen molar-refractivity contribution in [3.05, 3.63) is 83.0 Å². The van der Waals surface area contributed by atoms with Crippen molar-refractivity contribution in [1.82, 2.24) is 39.1 Å². The highest BCUT2D eigenvalue weighted by molar-refractivity contribution is 6.04. The number of amides is 3. The Labute approximate surface area is 372 Å². The summed E-state index contributed by atoms with van der Waals surface area (Å²) in [6.07, 6.45) is 13.7. The van der Waals surface area contributed by atoms with Gasteiger partial charge < -0.3 is 29.4 Å². The Balaban J connectivity index is 0.721. The predicted octanol–water partition coefficient (Wildman–Crippen LogP) is 6.00. The number of imidazole rings is 1. The van der Waals surface area contributed by atoms with Crippen molar-refractivity contribution in [1.29, 1.82) is 0 Å². The third kappa shape index (κ3) is 10.7. The highest BCUT2D eigenvalue weighted by Crippen LogP contribution is 2.35. The summed E-state index contributed by atoms with van der Waals surface area (Å²) < 4.78 is 22.6. The molecular formula is C47H60N10O7. The number of anilines is 2. The number of hydrogen-bond acceptors (Lipinski definition) is 12. The first-order chi connectivity index (χ1) is 31.0. The number of hydrogen-bond donors (Lipinski definition) is 3. The SMILES string of the molecule is C=C(C)c1nn([C@H]2CC[C@H](CN(C)CCOCCOCCCc3cccc4c3n(C)c(=O)n4C3CCC(=O)NC3=O)CC2)cc1NC(=O)c1coc(-c2ccnc(NCC3CC3)c2)n1. The molecule has 17 nitrogen and oxygen atoms in total. The lowest BCUT2D eigenvalue weighted by atomic mass is 9.86. The fourth-order valence-electron chi connectivity index (χ4n) is 8.90. The van der Waals surface area contributed by atoms with Crippen molar-refractivity contribution in [2.24, 2.45) is 18.9 Å². The maximum absolute atomic E-state index is 13.4. The Morgan fingerprint density at radius 3 is 2.56 bits per heavy atom. The Morgan fingerprint density at radius 2 is 1.80 bits per heavy atom. The summed E-state index contributed by atoms with van der Waals surface area (Å²) in [6.45, 7) is 10.9. The maximum Gasteiger partial charge on any atom is 0.329 e. The van der Waals surface area contributed by atoms with E-state index in [-0.39, 0.29) is 35.7 Å². The second-order valence-corrected chi connectivity index (χ2v) is 17.6. The molecule has 3 fully saturated rings. The van der Waals surface area contributed by atoms with Gasteiger partial charge in [-0.05, 0) is 113 Å². The van der Waals surface area contributed by atoms with Gasteiger partial charge in [-0.3, -0.25) is 33.5 Å². The van der Waals surface area contributed by atoms with Gasteiger partial charge in [0.15, 0.2) is 5.69 Å². The minimum Gasteiger partial charge on any atom is -0.444 e. The van der Waals surface area contributed by atoms with E-state index in [0.29, 0.717) is 73.9 Å². The highest BCUT2D eigenvalue weighted by atomic mass is 16.5. The second-order valence-electron chi connectivity index (χ2n) is 17.6. The van der Waals surface area contributed by atoms with E-state index in [2.05, 4.69) is 44.4 Å². The number of fused-ring (bicyclic) bond motifs is 1. The van der Waals surface area contributed by atoms with Crippen LogP contribution in [0.2, 0.25) is 0 Å². The lowest BCUT2D eigenvalue weighted by Gasteiger charge is -2.31. The molecule has 64 heavy (non-hydrogen) atoms. The minimum atomic E-state index is -0.703. The lowest BCUT2D eigenvalue weighted by molar-refractivity contribution is -0.135. The van der Waals surface area contributed by atoms with E-state index < -0.39 is 11.9 Å². The zero-order valence-corrected chi connectivity index (χ0v) is 37.1. The summed E-state index contributed by atoms with van der Waals surface area (Å²) in [5.41, 5.74) is 5.21. The monoisotopic (exact) mass is 876 g/mol. The molecule has 340 valence electrons. The largest absolute Gasteiger partial charge is 0.444 e. The van der Waals surface area contributed by atoms with Gasteiger partial charge in [0.25, 0.3) is 5.91 Å². The minimum absolute atomic E-state index is 0.180. The summed E-state index contributed by atoms with van der Waals surface area (Å²) in [5.74, 6) is 1.29. The fraction of sp³-hybridized carbons (Fsp3) is 0.511. The number of nitrogens with one attached hydrogen (secondary N) is 3. The normalized spacial score (nSPS) is 19.0. The van der Waals surface area contributed by atoms with Crippen LogP contribution in [0.25, 0.3) is 28.1 Å².